The third-order valence-corrected chi connectivity index (χ3v) is 4.59. The number of ether oxygens (including phenoxy) is 3. The highest BCUT2D eigenvalue weighted by Crippen LogP contribution is 2.09. The Labute approximate surface area is 194 Å². The van der Waals surface area contributed by atoms with Crippen LogP contribution in [0.15, 0.2) is 60.7 Å². The molecule has 2 rings (SSSR count). The summed E-state index contributed by atoms with van der Waals surface area (Å²) < 4.78 is 15.7. The number of carbonyl (C=O) groups is 3. The first-order valence-corrected chi connectivity index (χ1v) is 10.7. The number of hydrogen-bond donors (Lipinski definition) is 2. The Balaban J connectivity index is 2.09. The highest BCUT2D eigenvalue weighted by atomic mass is 16.5. The average molecular weight is 457 g/mol. The first-order valence-electron chi connectivity index (χ1n) is 10.7. The third kappa shape index (κ3) is 9.74. The second-order valence-corrected chi connectivity index (χ2v) is 8.46. The third-order valence-electron chi connectivity index (χ3n) is 4.59. The average Bonchev–Trinajstić information content (AvgIpc) is 2.80. The molecule has 2 atom stereocenters. The van der Waals surface area contributed by atoms with Gasteiger partial charge in [-0.1, -0.05) is 60.7 Å². The molecule has 178 valence electrons. The minimum Gasteiger partial charge on any atom is -0.467 e. The molecular weight excluding hydrogens is 424 g/mol. The molecule has 2 aromatic rings. The van der Waals surface area contributed by atoms with Gasteiger partial charge in [0.25, 0.3) is 0 Å². The fraction of sp³-hybridized carbons (Fsp3) is 0.400. The lowest BCUT2D eigenvalue weighted by Crippen LogP contribution is -2.54. The number of nitrogens with one attached hydrogen (secondary N) is 2. The predicted octanol–water partition coefficient (Wildman–Crippen LogP) is 3.00. The van der Waals surface area contributed by atoms with Crippen molar-refractivity contribution in [1.82, 2.24) is 10.6 Å². The molecule has 0 aliphatic heterocycles. The Hall–Kier alpha value is -3.39. The Morgan fingerprint density at radius 2 is 1.42 bits per heavy atom. The summed E-state index contributed by atoms with van der Waals surface area (Å²) in [5.41, 5.74) is 1.14. The maximum Gasteiger partial charge on any atom is 0.408 e. The Kier molecular flexibility index (Phi) is 9.87. The van der Waals surface area contributed by atoms with Crippen molar-refractivity contribution in [3.05, 3.63) is 71.8 Å². The molecule has 0 radical (unpaired) electrons. The highest BCUT2D eigenvalue weighted by molar-refractivity contribution is 5.90. The van der Waals surface area contributed by atoms with Gasteiger partial charge in [-0.05, 0) is 31.9 Å². The van der Waals surface area contributed by atoms with Crippen molar-refractivity contribution in [2.45, 2.75) is 51.5 Å². The normalized spacial score (nSPS) is 12.8. The van der Waals surface area contributed by atoms with Crippen LogP contribution in [-0.4, -0.2) is 49.4 Å². The van der Waals surface area contributed by atoms with Gasteiger partial charge in [0.05, 0.1) is 19.3 Å². The van der Waals surface area contributed by atoms with Crippen LogP contribution in [0, 0.1) is 0 Å². The van der Waals surface area contributed by atoms with E-state index in [0.717, 1.165) is 11.1 Å². The SMILES string of the molecule is COC(=O)[C@H](COC(C)(C)C)NC(=O)[C@H](Cc1ccccc1)NC(=O)OCc1ccccc1. The number of hydrogen-bond acceptors (Lipinski definition) is 6. The number of esters is 1. The molecule has 0 unspecified atom stereocenters. The molecule has 0 aliphatic rings. The fourth-order valence-electron chi connectivity index (χ4n) is 2.88. The van der Waals surface area contributed by atoms with E-state index in [1.807, 2.05) is 81.4 Å². The molecule has 8 heteroatoms. The summed E-state index contributed by atoms with van der Waals surface area (Å²) in [6.07, 6.45) is -0.531. The zero-order valence-corrected chi connectivity index (χ0v) is 19.5. The maximum absolute atomic E-state index is 13.1. The molecule has 0 spiro atoms. The minimum absolute atomic E-state index is 0.0660. The lowest BCUT2D eigenvalue weighted by atomic mass is 10.0. The van der Waals surface area contributed by atoms with Crippen LogP contribution in [0.3, 0.4) is 0 Å². The Morgan fingerprint density at radius 1 is 0.848 bits per heavy atom. The fourth-order valence-corrected chi connectivity index (χ4v) is 2.88. The van der Waals surface area contributed by atoms with Crippen LogP contribution in [0.1, 0.15) is 31.9 Å². The molecule has 0 saturated heterocycles. The van der Waals surface area contributed by atoms with E-state index in [2.05, 4.69) is 10.6 Å². The smallest absolute Gasteiger partial charge is 0.408 e. The first-order chi connectivity index (χ1) is 15.7. The van der Waals surface area contributed by atoms with Crippen LogP contribution < -0.4 is 10.6 Å². The lowest BCUT2D eigenvalue weighted by Gasteiger charge is -2.25. The topological polar surface area (TPSA) is 103 Å². The van der Waals surface area contributed by atoms with E-state index in [1.54, 1.807) is 0 Å². The summed E-state index contributed by atoms with van der Waals surface area (Å²) in [6, 6.07) is 16.4. The van der Waals surface area contributed by atoms with E-state index in [0.29, 0.717) is 0 Å². The van der Waals surface area contributed by atoms with Crippen LogP contribution in [0.4, 0.5) is 4.79 Å². The number of rotatable bonds is 10. The van der Waals surface area contributed by atoms with Gasteiger partial charge in [0, 0.05) is 6.42 Å². The summed E-state index contributed by atoms with van der Waals surface area (Å²) in [7, 11) is 1.24. The van der Waals surface area contributed by atoms with Crippen molar-refractivity contribution in [3.63, 3.8) is 0 Å². The zero-order valence-electron chi connectivity index (χ0n) is 19.5. The van der Waals surface area contributed by atoms with Crippen molar-refractivity contribution >= 4 is 18.0 Å². The molecule has 0 saturated carbocycles. The van der Waals surface area contributed by atoms with Gasteiger partial charge < -0.3 is 24.8 Å². The second-order valence-electron chi connectivity index (χ2n) is 8.46. The summed E-state index contributed by atoms with van der Waals surface area (Å²) in [4.78, 5) is 37.7. The zero-order chi connectivity index (χ0) is 24.3. The van der Waals surface area contributed by atoms with Crippen molar-refractivity contribution in [2.24, 2.45) is 0 Å². The van der Waals surface area contributed by atoms with Gasteiger partial charge in [-0.3, -0.25) is 4.79 Å². The minimum atomic E-state index is -1.03. The van der Waals surface area contributed by atoms with Gasteiger partial charge in [0.2, 0.25) is 5.91 Å². The molecule has 2 aromatic carbocycles. The van der Waals surface area contributed by atoms with Gasteiger partial charge >= 0.3 is 12.1 Å². The van der Waals surface area contributed by atoms with Gasteiger partial charge in [-0.25, -0.2) is 9.59 Å². The van der Waals surface area contributed by atoms with Crippen LogP contribution in [0.25, 0.3) is 0 Å². The monoisotopic (exact) mass is 456 g/mol. The molecule has 2 N–H and O–H groups in total. The summed E-state index contributed by atoms with van der Waals surface area (Å²) in [5.74, 6) is -1.19. The molecule has 0 bridgehead atoms. The van der Waals surface area contributed by atoms with Crippen molar-refractivity contribution in [2.75, 3.05) is 13.7 Å². The largest absolute Gasteiger partial charge is 0.467 e. The molecule has 0 aromatic heterocycles. The lowest BCUT2D eigenvalue weighted by molar-refractivity contribution is -0.148. The number of methoxy groups -OCH3 is 1. The van der Waals surface area contributed by atoms with E-state index >= 15 is 0 Å². The van der Waals surface area contributed by atoms with Gasteiger partial charge in [-0.15, -0.1) is 0 Å². The molecule has 0 heterocycles. The van der Waals surface area contributed by atoms with E-state index in [1.165, 1.54) is 7.11 Å². The van der Waals surface area contributed by atoms with Crippen molar-refractivity contribution in [3.8, 4) is 0 Å². The van der Waals surface area contributed by atoms with E-state index in [4.69, 9.17) is 14.2 Å². The van der Waals surface area contributed by atoms with Crippen LogP contribution in [0.2, 0.25) is 0 Å². The van der Waals surface area contributed by atoms with Gasteiger partial charge in [-0.2, -0.15) is 0 Å². The van der Waals surface area contributed by atoms with Gasteiger partial charge in [0.15, 0.2) is 6.04 Å². The number of benzene rings is 2. The first kappa shape index (κ1) is 25.9. The number of amides is 2. The van der Waals surface area contributed by atoms with E-state index in [9.17, 15) is 14.4 Å². The van der Waals surface area contributed by atoms with Crippen LogP contribution in [-0.2, 0) is 36.8 Å². The van der Waals surface area contributed by atoms with Crippen LogP contribution in [0.5, 0.6) is 0 Å². The van der Waals surface area contributed by atoms with Crippen molar-refractivity contribution < 1.29 is 28.6 Å². The maximum atomic E-state index is 13.1. The molecular formula is C25H32N2O6. The second kappa shape index (κ2) is 12.6. The van der Waals surface area contributed by atoms with E-state index in [-0.39, 0.29) is 19.6 Å². The highest BCUT2D eigenvalue weighted by Gasteiger charge is 2.29. The predicted molar refractivity (Wildman–Crippen MR) is 123 cm³/mol. The summed E-state index contributed by atoms with van der Waals surface area (Å²) >= 11 is 0. The van der Waals surface area contributed by atoms with Crippen molar-refractivity contribution in [1.29, 1.82) is 0 Å². The quantitative estimate of drug-likeness (QED) is 0.533. The van der Waals surface area contributed by atoms with Crippen LogP contribution >= 0.6 is 0 Å². The van der Waals surface area contributed by atoms with Gasteiger partial charge in [0.1, 0.15) is 12.6 Å². The summed E-state index contributed by atoms with van der Waals surface area (Å²) in [5, 5.41) is 5.24. The number of alkyl carbamates (subject to hydrolysis) is 1. The Bertz CT molecular complexity index is 896. The standard InChI is InChI=1S/C25H32N2O6/c1-25(2,3)33-17-21(23(29)31-4)26-22(28)20(15-18-11-7-5-8-12-18)27-24(30)32-16-19-13-9-6-10-14-19/h5-14,20-21H,15-17H2,1-4H3,(H,26,28)(H,27,30)/t20-,21-/m0/s1. The Morgan fingerprint density at radius 3 is 1.97 bits per heavy atom. The molecule has 33 heavy (non-hydrogen) atoms. The number of carbonyl (C=O) groups excluding carboxylic acids is 3. The molecule has 0 fully saturated rings. The van der Waals surface area contributed by atoms with E-state index < -0.39 is 35.7 Å². The molecule has 0 aliphatic carbocycles. The molecule has 8 nitrogen and oxygen atoms in total. The summed E-state index contributed by atoms with van der Waals surface area (Å²) in [6.45, 7) is 5.51. The molecule has 2 amide bonds.